The summed E-state index contributed by atoms with van der Waals surface area (Å²) in [5.41, 5.74) is 0. The molecule has 4 nitrogen and oxygen atoms in total. The molecular weight excluding hydrogens is 218 g/mol. The van der Waals surface area contributed by atoms with Crippen LogP contribution in [-0.4, -0.2) is 49.3 Å². The van der Waals surface area contributed by atoms with Gasteiger partial charge < -0.3 is 14.7 Å². The Hall–Kier alpha value is -0.610. The van der Waals surface area contributed by atoms with E-state index in [0.29, 0.717) is 13.0 Å². The highest BCUT2D eigenvalue weighted by Crippen LogP contribution is 2.05. The first-order chi connectivity index (χ1) is 8.26. The lowest BCUT2D eigenvalue weighted by Gasteiger charge is -2.22. The van der Waals surface area contributed by atoms with Gasteiger partial charge in [0, 0.05) is 26.8 Å². The van der Waals surface area contributed by atoms with Crippen LogP contribution in [0.3, 0.4) is 0 Å². The van der Waals surface area contributed by atoms with E-state index in [1.54, 1.807) is 4.90 Å². The molecule has 0 aromatic heterocycles. The Labute approximate surface area is 105 Å². The van der Waals surface area contributed by atoms with Crippen LogP contribution in [0.15, 0.2) is 0 Å². The molecule has 1 N–H and O–H groups in total. The number of amides is 1. The molecule has 17 heavy (non-hydrogen) atoms. The second kappa shape index (κ2) is 11.9. The van der Waals surface area contributed by atoms with Crippen molar-refractivity contribution in [2.45, 2.75) is 45.4 Å². The average molecular weight is 245 g/mol. The van der Waals surface area contributed by atoms with Crippen molar-refractivity contribution >= 4 is 5.91 Å². The lowest BCUT2D eigenvalue weighted by atomic mass is 10.1. The molecule has 0 aliphatic heterocycles. The lowest BCUT2D eigenvalue weighted by molar-refractivity contribution is -0.135. The van der Waals surface area contributed by atoms with Crippen molar-refractivity contribution in [1.82, 2.24) is 4.90 Å². The van der Waals surface area contributed by atoms with E-state index in [0.717, 1.165) is 13.0 Å². The summed E-state index contributed by atoms with van der Waals surface area (Å²) >= 11 is 0. The molecule has 0 fully saturated rings. The fourth-order valence-electron chi connectivity index (χ4n) is 1.74. The number of aliphatic hydroxyl groups excluding tert-OH is 1. The van der Waals surface area contributed by atoms with Crippen molar-refractivity contribution < 1.29 is 14.6 Å². The smallest absolute Gasteiger partial charge is 0.248 e. The van der Waals surface area contributed by atoms with Crippen LogP contribution < -0.4 is 0 Å². The molecule has 0 aromatic carbocycles. The Morgan fingerprint density at radius 2 is 1.76 bits per heavy atom. The second-order valence-electron chi connectivity index (χ2n) is 4.31. The number of rotatable bonds is 11. The third-order valence-corrected chi connectivity index (χ3v) is 2.74. The highest BCUT2D eigenvalue weighted by molar-refractivity contribution is 5.77. The molecule has 102 valence electrons. The number of hydrogen-bond donors (Lipinski definition) is 1. The fourth-order valence-corrected chi connectivity index (χ4v) is 1.74. The van der Waals surface area contributed by atoms with Crippen molar-refractivity contribution in [3.63, 3.8) is 0 Å². The first kappa shape index (κ1) is 16.4. The van der Waals surface area contributed by atoms with E-state index in [-0.39, 0.29) is 19.1 Å². The van der Waals surface area contributed by atoms with Gasteiger partial charge in [-0.05, 0) is 12.8 Å². The summed E-state index contributed by atoms with van der Waals surface area (Å²) in [5.74, 6) is 0.0245. The normalized spacial score (nSPS) is 10.5. The van der Waals surface area contributed by atoms with Gasteiger partial charge in [-0.15, -0.1) is 0 Å². The topological polar surface area (TPSA) is 49.8 Å². The minimum absolute atomic E-state index is 0.0245. The Morgan fingerprint density at radius 3 is 2.35 bits per heavy atom. The van der Waals surface area contributed by atoms with Gasteiger partial charge in [-0.25, -0.2) is 0 Å². The average Bonchev–Trinajstić information content (AvgIpc) is 2.33. The van der Waals surface area contributed by atoms with Crippen LogP contribution >= 0.6 is 0 Å². The fraction of sp³-hybridized carbons (Fsp3) is 0.923. The standard InChI is InChI=1S/C13H27NO3/c1-3-4-5-6-7-9-14(10-8-11-15)13(16)12-17-2/h15H,3-12H2,1-2H3. The maximum atomic E-state index is 11.7. The van der Waals surface area contributed by atoms with Crippen molar-refractivity contribution in [2.24, 2.45) is 0 Å². The minimum Gasteiger partial charge on any atom is -0.396 e. The zero-order valence-corrected chi connectivity index (χ0v) is 11.3. The molecule has 0 heterocycles. The summed E-state index contributed by atoms with van der Waals surface area (Å²) in [7, 11) is 1.53. The summed E-state index contributed by atoms with van der Waals surface area (Å²) in [6, 6.07) is 0. The minimum atomic E-state index is 0.0245. The van der Waals surface area contributed by atoms with Crippen LogP contribution in [0.1, 0.15) is 45.4 Å². The lowest BCUT2D eigenvalue weighted by Crippen LogP contribution is -2.35. The summed E-state index contributed by atoms with van der Waals surface area (Å²) in [4.78, 5) is 13.5. The Bertz CT molecular complexity index is 186. The zero-order valence-electron chi connectivity index (χ0n) is 11.3. The van der Waals surface area contributed by atoms with Crippen LogP contribution in [0.25, 0.3) is 0 Å². The monoisotopic (exact) mass is 245 g/mol. The first-order valence-electron chi connectivity index (χ1n) is 6.63. The molecule has 0 rings (SSSR count). The number of methoxy groups -OCH3 is 1. The van der Waals surface area contributed by atoms with E-state index in [9.17, 15) is 4.79 Å². The molecule has 4 heteroatoms. The summed E-state index contributed by atoms with van der Waals surface area (Å²) in [5, 5.41) is 8.80. The largest absolute Gasteiger partial charge is 0.396 e. The molecule has 0 aliphatic rings. The first-order valence-corrected chi connectivity index (χ1v) is 6.63. The van der Waals surface area contributed by atoms with Crippen LogP contribution in [-0.2, 0) is 9.53 Å². The highest BCUT2D eigenvalue weighted by atomic mass is 16.5. The Kier molecular flexibility index (Phi) is 11.4. The highest BCUT2D eigenvalue weighted by Gasteiger charge is 2.11. The van der Waals surface area contributed by atoms with Crippen LogP contribution in [0, 0.1) is 0 Å². The molecule has 0 aliphatic carbocycles. The Balaban J connectivity index is 3.80. The van der Waals surface area contributed by atoms with Crippen molar-refractivity contribution in [3.8, 4) is 0 Å². The van der Waals surface area contributed by atoms with Gasteiger partial charge in [-0.3, -0.25) is 4.79 Å². The van der Waals surface area contributed by atoms with E-state index in [1.165, 1.54) is 32.8 Å². The number of ether oxygens (including phenoxy) is 1. The number of nitrogens with zero attached hydrogens (tertiary/aromatic N) is 1. The molecular formula is C13H27NO3. The maximum absolute atomic E-state index is 11.7. The number of carbonyl (C=O) groups excluding carboxylic acids is 1. The van der Waals surface area contributed by atoms with E-state index in [4.69, 9.17) is 9.84 Å². The quantitative estimate of drug-likeness (QED) is 0.565. The summed E-state index contributed by atoms with van der Waals surface area (Å²) < 4.78 is 4.86. The van der Waals surface area contributed by atoms with Gasteiger partial charge in [0.2, 0.25) is 5.91 Å². The van der Waals surface area contributed by atoms with Crippen molar-refractivity contribution in [3.05, 3.63) is 0 Å². The number of aliphatic hydroxyl groups is 1. The van der Waals surface area contributed by atoms with Gasteiger partial charge in [0.05, 0.1) is 0 Å². The molecule has 0 aromatic rings. The molecule has 0 saturated heterocycles. The van der Waals surface area contributed by atoms with Gasteiger partial charge in [0.15, 0.2) is 0 Å². The predicted octanol–water partition coefficient (Wildman–Crippen LogP) is 1.81. The molecule has 0 unspecified atom stereocenters. The predicted molar refractivity (Wildman–Crippen MR) is 68.9 cm³/mol. The van der Waals surface area contributed by atoms with Gasteiger partial charge in [-0.1, -0.05) is 32.6 Å². The third-order valence-electron chi connectivity index (χ3n) is 2.74. The maximum Gasteiger partial charge on any atom is 0.248 e. The Morgan fingerprint density at radius 1 is 1.12 bits per heavy atom. The van der Waals surface area contributed by atoms with Gasteiger partial charge in [0.25, 0.3) is 0 Å². The second-order valence-corrected chi connectivity index (χ2v) is 4.31. The number of carbonyl (C=O) groups is 1. The van der Waals surface area contributed by atoms with Crippen LogP contribution in [0.5, 0.6) is 0 Å². The third kappa shape index (κ3) is 9.12. The van der Waals surface area contributed by atoms with Gasteiger partial charge in [-0.2, -0.15) is 0 Å². The molecule has 1 amide bonds. The molecule has 0 spiro atoms. The van der Waals surface area contributed by atoms with Crippen molar-refractivity contribution in [2.75, 3.05) is 33.4 Å². The zero-order chi connectivity index (χ0) is 12.9. The number of unbranched alkanes of at least 4 members (excludes halogenated alkanes) is 4. The molecule has 0 atom stereocenters. The van der Waals surface area contributed by atoms with E-state index < -0.39 is 0 Å². The van der Waals surface area contributed by atoms with Crippen molar-refractivity contribution in [1.29, 1.82) is 0 Å². The molecule has 0 bridgehead atoms. The SMILES string of the molecule is CCCCCCCN(CCCO)C(=O)COC. The van der Waals surface area contributed by atoms with E-state index in [2.05, 4.69) is 6.92 Å². The number of hydrogen-bond acceptors (Lipinski definition) is 3. The molecule has 0 radical (unpaired) electrons. The van der Waals surface area contributed by atoms with E-state index in [1.807, 2.05) is 0 Å². The van der Waals surface area contributed by atoms with E-state index >= 15 is 0 Å². The summed E-state index contributed by atoms with van der Waals surface area (Å²) in [6.45, 7) is 3.88. The summed E-state index contributed by atoms with van der Waals surface area (Å²) in [6.07, 6.45) is 6.59. The van der Waals surface area contributed by atoms with Crippen LogP contribution in [0.2, 0.25) is 0 Å². The van der Waals surface area contributed by atoms with Gasteiger partial charge in [0.1, 0.15) is 6.61 Å². The van der Waals surface area contributed by atoms with Gasteiger partial charge >= 0.3 is 0 Å². The van der Waals surface area contributed by atoms with Crippen LogP contribution in [0.4, 0.5) is 0 Å². The molecule has 0 saturated carbocycles.